The fourth-order valence-corrected chi connectivity index (χ4v) is 5.23. The van der Waals surface area contributed by atoms with Gasteiger partial charge in [0.25, 0.3) is 10.0 Å². The number of thiophene rings is 1. The molecule has 6 heteroatoms. The van der Waals surface area contributed by atoms with Crippen LogP contribution >= 0.6 is 22.9 Å². The van der Waals surface area contributed by atoms with E-state index < -0.39 is 10.0 Å². The number of aryl methyl sites for hydroxylation is 1. The van der Waals surface area contributed by atoms with Crippen LogP contribution in [-0.2, 0) is 16.4 Å². The van der Waals surface area contributed by atoms with Gasteiger partial charge in [-0.15, -0.1) is 22.9 Å². The highest BCUT2D eigenvalue weighted by atomic mass is 35.5. The van der Waals surface area contributed by atoms with Crippen molar-refractivity contribution in [3.05, 3.63) is 17.0 Å². The first-order valence-corrected chi connectivity index (χ1v) is 8.89. The molecule has 0 aliphatic rings. The molecule has 0 amide bonds. The Bertz CT molecular complexity index is 466. The first kappa shape index (κ1) is 16.0. The van der Waals surface area contributed by atoms with Gasteiger partial charge in [-0.2, -0.15) is 4.31 Å². The molecule has 0 aromatic carbocycles. The number of alkyl halides is 1. The molecule has 1 rings (SSSR count). The molecule has 0 bridgehead atoms. The third kappa shape index (κ3) is 3.47. The summed E-state index contributed by atoms with van der Waals surface area (Å²) in [7, 11) is -1.69. The van der Waals surface area contributed by atoms with E-state index in [2.05, 4.69) is 0 Å². The van der Waals surface area contributed by atoms with Crippen LogP contribution in [0.1, 0.15) is 31.6 Å². The minimum atomic E-state index is -3.35. The highest BCUT2D eigenvalue weighted by Crippen LogP contribution is 2.27. The minimum absolute atomic E-state index is 0.0635. The van der Waals surface area contributed by atoms with E-state index in [1.54, 1.807) is 13.1 Å². The zero-order valence-corrected chi connectivity index (χ0v) is 13.4. The van der Waals surface area contributed by atoms with Crippen molar-refractivity contribution >= 4 is 33.0 Å². The molecule has 0 aliphatic heterocycles. The van der Waals surface area contributed by atoms with Gasteiger partial charge in [0.2, 0.25) is 0 Å². The first-order valence-electron chi connectivity index (χ1n) is 6.10. The Morgan fingerprint density at radius 3 is 2.44 bits per heavy atom. The van der Waals surface area contributed by atoms with Gasteiger partial charge in [-0.3, -0.25) is 0 Å². The summed E-state index contributed by atoms with van der Waals surface area (Å²) < 4.78 is 26.7. The summed E-state index contributed by atoms with van der Waals surface area (Å²) in [4.78, 5) is 1.02. The molecule has 18 heavy (non-hydrogen) atoms. The summed E-state index contributed by atoms with van der Waals surface area (Å²) >= 11 is 6.98. The Hall–Kier alpha value is -0.100. The molecule has 3 nitrogen and oxygen atoms in total. The van der Waals surface area contributed by atoms with E-state index in [0.29, 0.717) is 10.1 Å². The average molecular weight is 310 g/mol. The predicted octanol–water partition coefficient (Wildman–Crippen LogP) is 3.34. The molecule has 1 heterocycles. The Kier molecular flexibility index (Phi) is 6.11. The monoisotopic (exact) mass is 309 g/mol. The van der Waals surface area contributed by atoms with Gasteiger partial charge in [-0.05, 0) is 31.4 Å². The van der Waals surface area contributed by atoms with Crippen molar-refractivity contribution in [2.24, 2.45) is 0 Å². The zero-order valence-electron chi connectivity index (χ0n) is 11.0. The molecule has 0 spiro atoms. The minimum Gasteiger partial charge on any atom is -0.206 e. The van der Waals surface area contributed by atoms with Crippen LogP contribution in [0.15, 0.2) is 16.3 Å². The summed E-state index contributed by atoms with van der Waals surface area (Å²) in [6.07, 6.45) is 2.37. The maximum atomic E-state index is 12.4. The lowest BCUT2D eigenvalue weighted by atomic mass is 10.2. The summed E-state index contributed by atoms with van der Waals surface area (Å²) in [6, 6.07) is 3.59. The van der Waals surface area contributed by atoms with Crippen molar-refractivity contribution < 1.29 is 8.42 Å². The van der Waals surface area contributed by atoms with Gasteiger partial charge in [0, 0.05) is 23.8 Å². The fourth-order valence-electron chi connectivity index (χ4n) is 1.87. The molecule has 104 valence electrons. The molecule has 0 fully saturated rings. The van der Waals surface area contributed by atoms with Crippen molar-refractivity contribution in [1.29, 1.82) is 0 Å². The first-order chi connectivity index (χ1) is 8.47. The Morgan fingerprint density at radius 1 is 1.33 bits per heavy atom. The normalized spacial score (nSPS) is 12.6. The second kappa shape index (κ2) is 6.89. The summed E-state index contributed by atoms with van der Waals surface area (Å²) in [5.41, 5.74) is 0. The van der Waals surface area contributed by atoms with Crippen LogP contribution in [-0.4, -0.2) is 31.7 Å². The third-order valence-corrected chi connectivity index (χ3v) is 6.78. The molecule has 0 saturated carbocycles. The lowest BCUT2D eigenvalue weighted by Gasteiger charge is -2.24. The molecule has 0 saturated heterocycles. The quantitative estimate of drug-likeness (QED) is 0.724. The number of hydrogen-bond donors (Lipinski definition) is 0. The lowest BCUT2D eigenvalue weighted by Crippen LogP contribution is -2.35. The predicted molar refractivity (Wildman–Crippen MR) is 78.1 cm³/mol. The molecule has 0 atom stereocenters. The van der Waals surface area contributed by atoms with E-state index >= 15 is 0 Å². The molecule has 0 unspecified atom stereocenters. The van der Waals surface area contributed by atoms with Crippen molar-refractivity contribution in [2.45, 2.75) is 43.4 Å². The molecule has 1 aromatic rings. The summed E-state index contributed by atoms with van der Waals surface area (Å²) in [6.45, 7) is 4.01. The van der Waals surface area contributed by atoms with E-state index in [0.717, 1.165) is 24.1 Å². The van der Waals surface area contributed by atoms with Gasteiger partial charge in [-0.1, -0.05) is 13.8 Å². The van der Waals surface area contributed by atoms with Crippen LogP contribution in [0.4, 0.5) is 0 Å². The second-order valence-electron chi connectivity index (χ2n) is 4.15. The van der Waals surface area contributed by atoms with E-state index in [1.165, 1.54) is 15.6 Å². The SMILES string of the molecule is CCC(CC)N(C)S(=O)(=O)c1ccc(CCCl)s1. The van der Waals surface area contributed by atoms with Gasteiger partial charge in [-0.25, -0.2) is 8.42 Å². The smallest absolute Gasteiger partial charge is 0.206 e. The number of sulfonamides is 1. The standard InChI is InChI=1S/C12H20ClNO2S2/c1-4-10(5-2)14(3)18(15,16)12-7-6-11(17-12)8-9-13/h6-7,10H,4-5,8-9H2,1-3H3. The zero-order chi connectivity index (χ0) is 13.8. The van der Waals surface area contributed by atoms with Gasteiger partial charge in [0.15, 0.2) is 0 Å². The van der Waals surface area contributed by atoms with Crippen molar-refractivity contribution in [1.82, 2.24) is 4.31 Å². The molecular formula is C12H20ClNO2S2. The molecular weight excluding hydrogens is 290 g/mol. The van der Waals surface area contributed by atoms with Gasteiger partial charge in [0.05, 0.1) is 0 Å². The Morgan fingerprint density at radius 2 is 1.94 bits per heavy atom. The van der Waals surface area contributed by atoms with Crippen LogP contribution in [0.3, 0.4) is 0 Å². The van der Waals surface area contributed by atoms with E-state index in [4.69, 9.17) is 11.6 Å². The Balaban J connectivity index is 2.97. The van der Waals surface area contributed by atoms with Crippen LogP contribution < -0.4 is 0 Å². The number of nitrogens with zero attached hydrogens (tertiary/aromatic N) is 1. The molecule has 0 N–H and O–H groups in total. The highest BCUT2D eigenvalue weighted by Gasteiger charge is 2.27. The van der Waals surface area contributed by atoms with Crippen molar-refractivity contribution in [2.75, 3.05) is 12.9 Å². The maximum Gasteiger partial charge on any atom is 0.252 e. The largest absolute Gasteiger partial charge is 0.252 e. The summed E-state index contributed by atoms with van der Waals surface area (Å²) in [5.74, 6) is 0.516. The topological polar surface area (TPSA) is 37.4 Å². The maximum absolute atomic E-state index is 12.4. The van der Waals surface area contributed by atoms with Crippen LogP contribution in [0.2, 0.25) is 0 Å². The van der Waals surface area contributed by atoms with E-state index in [-0.39, 0.29) is 6.04 Å². The second-order valence-corrected chi connectivity index (χ2v) is 7.92. The molecule has 1 aromatic heterocycles. The number of rotatable bonds is 7. The molecule has 0 aliphatic carbocycles. The highest BCUT2D eigenvalue weighted by molar-refractivity contribution is 7.91. The van der Waals surface area contributed by atoms with Crippen molar-refractivity contribution in [3.8, 4) is 0 Å². The van der Waals surface area contributed by atoms with Gasteiger partial charge < -0.3 is 0 Å². The van der Waals surface area contributed by atoms with Gasteiger partial charge >= 0.3 is 0 Å². The van der Waals surface area contributed by atoms with E-state index in [9.17, 15) is 8.42 Å². The summed E-state index contributed by atoms with van der Waals surface area (Å²) in [5, 5.41) is 0. The van der Waals surface area contributed by atoms with E-state index in [1.807, 2.05) is 19.9 Å². The lowest BCUT2D eigenvalue weighted by molar-refractivity contribution is 0.350. The average Bonchev–Trinajstić information content (AvgIpc) is 2.80. The van der Waals surface area contributed by atoms with Crippen LogP contribution in [0.5, 0.6) is 0 Å². The number of hydrogen-bond acceptors (Lipinski definition) is 3. The van der Waals surface area contributed by atoms with Crippen LogP contribution in [0, 0.1) is 0 Å². The molecule has 0 radical (unpaired) electrons. The van der Waals surface area contributed by atoms with Crippen LogP contribution in [0.25, 0.3) is 0 Å². The fraction of sp³-hybridized carbons (Fsp3) is 0.667. The number of halogens is 1. The van der Waals surface area contributed by atoms with Gasteiger partial charge in [0.1, 0.15) is 4.21 Å². The Labute approximate surface area is 119 Å². The van der Waals surface area contributed by atoms with Crippen molar-refractivity contribution in [3.63, 3.8) is 0 Å². The third-order valence-electron chi connectivity index (χ3n) is 3.07.